The van der Waals surface area contributed by atoms with Crippen molar-refractivity contribution in [3.8, 4) is 0 Å². The van der Waals surface area contributed by atoms with Crippen LogP contribution in [-0.2, 0) is 0 Å². The smallest absolute Gasteiger partial charge is 0.0882 e. The summed E-state index contributed by atoms with van der Waals surface area (Å²) in [4.78, 5) is 8.87. The number of hydrogen-bond acceptors (Lipinski definition) is 2. The summed E-state index contributed by atoms with van der Waals surface area (Å²) in [6.07, 6.45) is 8.23. The van der Waals surface area contributed by atoms with E-state index < -0.39 is 0 Å². The van der Waals surface area contributed by atoms with Gasteiger partial charge in [-0.15, -0.1) is 0 Å². The van der Waals surface area contributed by atoms with Crippen LogP contribution in [0.3, 0.4) is 0 Å². The van der Waals surface area contributed by atoms with Crippen LogP contribution in [0.25, 0.3) is 0 Å². The van der Waals surface area contributed by atoms with Gasteiger partial charge in [-0.3, -0.25) is 9.98 Å². The lowest BCUT2D eigenvalue weighted by Gasteiger charge is -1.98. The number of unbranched alkanes of at least 4 members (excludes halogenated alkanes) is 2. The third-order valence-electron chi connectivity index (χ3n) is 2.18. The van der Waals surface area contributed by atoms with Crippen molar-refractivity contribution in [1.82, 2.24) is 0 Å². The van der Waals surface area contributed by atoms with Crippen molar-refractivity contribution >= 4 is 23.8 Å². The summed E-state index contributed by atoms with van der Waals surface area (Å²) in [5.74, 6) is 0. The number of nitrogens with zero attached hydrogens (tertiary/aromatic N) is 2. The van der Waals surface area contributed by atoms with Crippen LogP contribution in [-0.4, -0.2) is 12.4 Å². The molecule has 1 aromatic rings. The lowest BCUT2D eigenvalue weighted by molar-refractivity contribution is 1.01. The highest BCUT2D eigenvalue weighted by Gasteiger charge is 1.95. The Balaban J connectivity index is 2.75. The molecule has 0 radical (unpaired) electrons. The Kier molecular flexibility index (Phi) is 6.16. The minimum atomic E-state index is 0.961. The summed E-state index contributed by atoms with van der Waals surface area (Å²) in [7, 11) is 0. The van der Waals surface area contributed by atoms with E-state index in [4.69, 9.17) is 0 Å². The quantitative estimate of drug-likeness (QED) is 0.616. The van der Waals surface area contributed by atoms with E-state index >= 15 is 0 Å². The molecule has 86 valence electrons. The van der Waals surface area contributed by atoms with E-state index in [9.17, 15) is 0 Å². The van der Waals surface area contributed by atoms with E-state index in [-0.39, 0.29) is 0 Å². The molecule has 0 saturated heterocycles. The maximum absolute atomic E-state index is 4.44. The minimum absolute atomic E-state index is 0.961. The molecule has 1 rings (SSSR count). The van der Waals surface area contributed by atoms with Crippen LogP contribution in [0.1, 0.15) is 39.5 Å². The molecule has 0 atom stereocenters. The van der Waals surface area contributed by atoms with E-state index in [2.05, 4.69) is 23.8 Å². The van der Waals surface area contributed by atoms with Crippen molar-refractivity contribution in [1.29, 1.82) is 0 Å². The molecule has 2 nitrogen and oxygen atoms in total. The van der Waals surface area contributed by atoms with Crippen molar-refractivity contribution < 1.29 is 0 Å². The Morgan fingerprint density at radius 1 is 0.875 bits per heavy atom. The Morgan fingerprint density at radius 3 is 1.69 bits per heavy atom. The van der Waals surface area contributed by atoms with Gasteiger partial charge >= 0.3 is 0 Å². The highest BCUT2D eigenvalue weighted by molar-refractivity contribution is 5.74. The zero-order valence-corrected chi connectivity index (χ0v) is 10.2. The molecule has 0 N–H and O–H groups in total. The topological polar surface area (TPSA) is 24.7 Å². The normalized spacial score (nSPS) is 11.6. The second-order valence-electron chi connectivity index (χ2n) is 3.69. The van der Waals surface area contributed by atoms with Gasteiger partial charge in [-0.2, -0.15) is 0 Å². The second-order valence-corrected chi connectivity index (χ2v) is 3.69. The largest absolute Gasteiger partial charge is 0.259 e. The monoisotopic (exact) mass is 216 g/mol. The fourth-order valence-electron chi connectivity index (χ4n) is 1.27. The van der Waals surface area contributed by atoms with Crippen LogP contribution in [0.2, 0.25) is 0 Å². The van der Waals surface area contributed by atoms with Crippen molar-refractivity contribution in [3.05, 3.63) is 24.3 Å². The number of aliphatic imine (C=N–C) groups is 2. The van der Waals surface area contributed by atoms with Gasteiger partial charge in [0.25, 0.3) is 0 Å². The highest BCUT2D eigenvalue weighted by Crippen LogP contribution is 2.26. The molecule has 0 spiro atoms. The molecular formula is C14H20N2. The molecule has 0 heterocycles. The van der Waals surface area contributed by atoms with Crippen LogP contribution < -0.4 is 0 Å². The molecule has 0 aromatic heterocycles. The fraction of sp³-hybridized carbons (Fsp3) is 0.429. The fourth-order valence-corrected chi connectivity index (χ4v) is 1.27. The molecule has 0 amide bonds. The summed E-state index contributed by atoms with van der Waals surface area (Å²) in [5.41, 5.74) is 1.92. The zero-order valence-electron chi connectivity index (χ0n) is 10.2. The number of rotatable bonds is 6. The van der Waals surface area contributed by atoms with Gasteiger partial charge in [-0.1, -0.05) is 38.8 Å². The lowest BCUT2D eigenvalue weighted by Crippen LogP contribution is -1.75. The first-order chi connectivity index (χ1) is 7.88. The summed E-state index contributed by atoms with van der Waals surface area (Å²) in [5, 5.41) is 0. The molecule has 0 aliphatic carbocycles. The Morgan fingerprint density at radius 2 is 1.31 bits per heavy atom. The molecule has 0 fully saturated rings. The first-order valence-electron chi connectivity index (χ1n) is 6.02. The van der Waals surface area contributed by atoms with E-state index in [0.29, 0.717) is 0 Å². The van der Waals surface area contributed by atoms with Gasteiger partial charge in [0.2, 0.25) is 0 Å². The number of hydrogen-bond donors (Lipinski definition) is 0. The Labute approximate surface area is 98.1 Å². The Hall–Kier alpha value is -1.44. The summed E-state index contributed by atoms with van der Waals surface area (Å²) < 4.78 is 0. The van der Waals surface area contributed by atoms with Crippen LogP contribution in [0, 0.1) is 0 Å². The Bertz CT molecular complexity index is 319. The van der Waals surface area contributed by atoms with Crippen LogP contribution >= 0.6 is 0 Å². The van der Waals surface area contributed by atoms with Gasteiger partial charge in [0.1, 0.15) is 0 Å². The first kappa shape index (κ1) is 12.6. The molecular weight excluding hydrogens is 196 g/mol. The molecule has 2 heteroatoms. The average molecular weight is 216 g/mol. The molecule has 16 heavy (non-hydrogen) atoms. The summed E-state index contributed by atoms with van der Waals surface area (Å²) in [6.45, 7) is 4.30. The molecule has 0 unspecified atom stereocenters. The van der Waals surface area contributed by atoms with Gasteiger partial charge in [0.15, 0.2) is 0 Å². The predicted molar refractivity (Wildman–Crippen MR) is 72.6 cm³/mol. The standard InChI is InChI=1S/C14H20N2/c1-3-5-11-15-13-9-7-8-10-14(13)16-12-6-4-2/h7-12H,3-6H2,1-2H3/b15-11-,16-12+. The summed E-state index contributed by atoms with van der Waals surface area (Å²) in [6, 6.07) is 8.00. The second kappa shape index (κ2) is 7.80. The van der Waals surface area contributed by atoms with Crippen molar-refractivity contribution in [2.24, 2.45) is 9.98 Å². The van der Waals surface area contributed by atoms with Gasteiger partial charge in [-0.25, -0.2) is 0 Å². The predicted octanol–water partition coefficient (Wildman–Crippen LogP) is 4.69. The average Bonchev–Trinajstić information content (AvgIpc) is 2.32. The maximum Gasteiger partial charge on any atom is 0.0882 e. The molecule has 0 aliphatic rings. The van der Waals surface area contributed by atoms with Crippen molar-refractivity contribution in [2.45, 2.75) is 39.5 Å². The zero-order chi connectivity index (χ0) is 11.6. The first-order valence-corrected chi connectivity index (χ1v) is 6.02. The third-order valence-corrected chi connectivity index (χ3v) is 2.18. The molecule has 0 saturated carbocycles. The van der Waals surface area contributed by atoms with E-state index in [1.54, 1.807) is 0 Å². The van der Waals surface area contributed by atoms with Crippen LogP contribution in [0.4, 0.5) is 11.4 Å². The number of benzene rings is 1. The van der Waals surface area contributed by atoms with Gasteiger partial charge in [-0.05, 0) is 25.0 Å². The minimum Gasteiger partial charge on any atom is -0.259 e. The van der Waals surface area contributed by atoms with Crippen molar-refractivity contribution in [2.75, 3.05) is 0 Å². The molecule has 0 aliphatic heterocycles. The van der Waals surface area contributed by atoms with Crippen molar-refractivity contribution in [3.63, 3.8) is 0 Å². The summed E-state index contributed by atoms with van der Waals surface area (Å²) >= 11 is 0. The van der Waals surface area contributed by atoms with Gasteiger partial charge < -0.3 is 0 Å². The van der Waals surface area contributed by atoms with Crippen LogP contribution in [0.5, 0.6) is 0 Å². The number of para-hydroxylation sites is 2. The molecule has 1 aromatic carbocycles. The van der Waals surface area contributed by atoms with E-state index in [1.807, 2.05) is 36.7 Å². The lowest BCUT2D eigenvalue weighted by atomic mass is 10.2. The molecule has 0 bridgehead atoms. The highest BCUT2D eigenvalue weighted by atomic mass is 14.8. The maximum atomic E-state index is 4.44. The van der Waals surface area contributed by atoms with Gasteiger partial charge in [0, 0.05) is 12.4 Å². The SMILES string of the molecule is CCC/C=N\c1ccccc1/N=C/CCC. The third kappa shape index (κ3) is 4.39. The van der Waals surface area contributed by atoms with Crippen LogP contribution in [0.15, 0.2) is 34.3 Å². The van der Waals surface area contributed by atoms with Gasteiger partial charge in [0.05, 0.1) is 11.4 Å². The van der Waals surface area contributed by atoms with E-state index in [0.717, 1.165) is 37.1 Å². The van der Waals surface area contributed by atoms with E-state index in [1.165, 1.54) is 0 Å².